The third-order valence-electron chi connectivity index (χ3n) is 4.71. The molecule has 0 aliphatic heterocycles. The van der Waals surface area contributed by atoms with Crippen molar-refractivity contribution in [3.05, 3.63) is 77.9 Å². The maximum absolute atomic E-state index is 12.7. The van der Waals surface area contributed by atoms with Crippen molar-refractivity contribution in [2.75, 3.05) is 31.5 Å². The fraction of sp³-hybridized carbons (Fsp3) is 0.160. The van der Waals surface area contributed by atoms with Crippen LogP contribution >= 0.6 is 0 Å². The van der Waals surface area contributed by atoms with Crippen molar-refractivity contribution < 1.29 is 28.6 Å². The van der Waals surface area contributed by atoms with Crippen LogP contribution in [0.3, 0.4) is 0 Å². The van der Waals surface area contributed by atoms with Gasteiger partial charge in [-0.1, -0.05) is 12.1 Å². The van der Waals surface area contributed by atoms with Crippen LogP contribution in [0.5, 0.6) is 17.2 Å². The maximum atomic E-state index is 12.7. The molecule has 170 valence electrons. The topological polar surface area (TPSA) is 103 Å². The van der Waals surface area contributed by atoms with Gasteiger partial charge >= 0.3 is 0 Å². The van der Waals surface area contributed by atoms with E-state index in [9.17, 15) is 14.4 Å². The van der Waals surface area contributed by atoms with E-state index in [1.807, 2.05) is 0 Å². The van der Waals surface area contributed by atoms with Crippen molar-refractivity contribution in [1.82, 2.24) is 0 Å². The number of methoxy groups -OCH3 is 2. The van der Waals surface area contributed by atoms with E-state index in [2.05, 4.69) is 10.6 Å². The molecule has 8 nitrogen and oxygen atoms in total. The minimum absolute atomic E-state index is 0.153. The molecule has 0 saturated carbocycles. The Morgan fingerprint density at radius 2 is 1.55 bits per heavy atom. The first-order valence-corrected chi connectivity index (χ1v) is 10.1. The summed E-state index contributed by atoms with van der Waals surface area (Å²) in [6.45, 7) is 1.19. The van der Waals surface area contributed by atoms with E-state index in [1.165, 1.54) is 20.1 Å². The number of carbonyl (C=O) groups is 3. The molecule has 0 fully saturated rings. The van der Waals surface area contributed by atoms with Gasteiger partial charge in [0, 0.05) is 16.8 Å². The summed E-state index contributed by atoms with van der Waals surface area (Å²) in [6.07, 6.45) is 0. The van der Waals surface area contributed by atoms with Gasteiger partial charge in [-0.05, 0) is 61.5 Å². The van der Waals surface area contributed by atoms with Crippen LogP contribution in [0.15, 0.2) is 66.7 Å². The van der Waals surface area contributed by atoms with Gasteiger partial charge in [0.2, 0.25) is 0 Å². The molecule has 33 heavy (non-hydrogen) atoms. The molecule has 2 N–H and O–H groups in total. The number of ketones is 1. The molecule has 2 amide bonds. The molecule has 0 aromatic heterocycles. The molecule has 8 heteroatoms. The van der Waals surface area contributed by atoms with Crippen LogP contribution in [0.4, 0.5) is 11.4 Å². The van der Waals surface area contributed by atoms with Crippen LogP contribution in [-0.2, 0) is 4.79 Å². The summed E-state index contributed by atoms with van der Waals surface area (Å²) < 4.78 is 16.0. The second-order valence-corrected chi connectivity index (χ2v) is 6.99. The fourth-order valence-corrected chi connectivity index (χ4v) is 3.04. The van der Waals surface area contributed by atoms with Gasteiger partial charge in [0.05, 0.1) is 19.9 Å². The quantitative estimate of drug-likeness (QED) is 0.476. The third kappa shape index (κ3) is 6.10. The highest BCUT2D eigenvalue weighted by Gasteiger charge is 2.15. The van der Waals surface area contributed by atoms with Gasteiger partial charge in [-0.3, -0.25) is 14.4 Å². The van der Waals surface area contributed by atoms with Crippen molar-refractivity contribution in [1.29, 1.82) is 0 Å². The lowest BCUT2D eigenvalue weighted by atomic mass is 10.1. The number of benzene rings is 3. The Hall–Kier alpha value is -4.33. The molecule has 3 aromatic rings. The molecular formula is C25H24N2O6. The van der Waals surface area contributed by atoms with Crippen LogP contribution in [0.25, 0.3) is 0 Å². The van der Waals surface area contributed by atoms with E-state index in [0.29, 0.717) is 39.8 Å². The van der Waals surface area contributed by atoms with Gasteiger partial charge in [0.25, 0.3) is 11.8 Å². The summed E-state index contributed by atoms with van der Waals surface area (Å²) in [6, 6.07) is 18.3. The number of ether oxygens (including phenoxy) is 3. The summed E-state index contributed by atoms with van der Waals surface area (Å²) in [5, 5.41) is 5.46. The third-order valence-corrected chi connectivity index (χ3v) is 4.71. The van der Waals surface area contributed by atoms with Crippen LogP contribution in [0.2, 0.25) is 0 Å². The van der Waals surface area contributed by atoms with E-state index in [1.54, 1.807) is 67.8 Å². The van der Waals surface area contributed by atoms with E-state index in [-0.39, 0.29) is 18.3 Å². The zero-order valence-corrected chi connectivity index (χ0v) is 18.5. The molecule has 0 bridgehead atoms. The highest BCUT2D eigenvalue weighted by atomic mass is 16.5. The number of carbonyl (C=O) groups excluding carboxylic acids is 3. The van der Waals surface area contributed by atoms with Crippen molar-refractivity contribution in [2.45, 2.75) is 6.92 Å². The average Bonchev–Trinajstić information content (AvgIpc) is 2.83. The first-order chi connectivity index (χ1) is 15.9. The van der Waals surface area contributed by atoms with E-state index >= 15 is 0 Å². The molecule has 0 aliphatic rings. The molecule has 0 aliphatic carbocycles. The Labute approximate surface area is 191 Å². The molecule has 0 unspecified atom stereocenters. The Kier molecular flexibility index (Phi) is 7.64. The SMILES string of the molecule is COc1ccc(NC(=O)COc2ccc(C(=O)Nc3ccccc3C(C)=O)cc2OC)cc1. The number of hydrogen-bond acceptors (Lipinski definition) is 6. The number of anilines is 2. The van der Waals surface area contributed by atoms with Crippen molar-refractivity contribution >= 4 is 29.0 Å². The van der Waals surface area contributed by atoms with Gasteiger partial charge in [0.15, 0.2) is 23.9 Å². The predicted octanol–water partition coefficient (Wildman–Crippen LogP) is 4.18. The molecule has 0 atom stereocenters. The monoisotopic (exact) mass is 448 g/mol. The van der Waals surface area contributed by atoms with Crippen molar-refractivity contribution in [2.24, 2.45) is 0 Å². The van der Waals surface area contributed by atoms with Crippen molar-refractivity contribution in [3.63, 3.8) is 0 Å². The normalized spacial score (nSPS) is 10.2. The summed E-state index contributed by atoms with van der Waals surface area (Å²) in [5.41, 5.74) is 1.75. The number of amides is 2. The molecule has 0 saturated heterocycles. The van der Waals surface area contributed by atoms with Crippen LogP contribution in [-0.4, -0.2) is 38.4 Å². The zero-order valence-electron chi connectivity index (χ0n) is 18.5. The minimum Gasteiger partial charge on any atom is -0.497 e. The second kappa shape index (κ2) is 10.8. The second-order valence-electron chi connectivity index (χ2n) is 6.99. The Morgan fingerprint density at radius 3 is 2.21 bits per heavy atom. The Bertz CT molecular complexity index is 1160. The first-order valence-electron chi connectivity index (χ1n) is 10.1. The minimum atomic E-state index is -0.411. The fourth-order valence-electron chi connectivity index (χ4n) is 3.04. The number of nitrogens with one attached hydrogen (secondary N) is 2. The van der Waals surface area contributed by atoms with Gasteiger partial charge in [0.1, 0.15) is 5.75 Å². The van der Waals surface area contributed by atoms with Crippen LogP contribution in [0.1, 0.15) is 27.6 Å². The van der Waals surface area contributed by atoms with Crippen LogP contribution in [0, 0.1) is 0 Å². The lowest BCUT2D eigenvalue weighted by molar-refractivity contribution is -0.118. The van der Waals surface area contributed by atoms with Crippen LogP contribution < -0.4 is 24.8 Å². The summed E-state index contributed by atoms with van der Waals surface area (Å²) >= 11 is 0. The summed E-state index contributed by atoms with van der Waals surface area (Å²) in [5.74, 6) is 0.363. The van der Waals surface area contributed by atoms with Gasteiger partial charge in [-0.2, -0.15) is 0 Å². The molecule has 3 aromatic carbocycles. The molecular weight excluding hydrogens is 424 g/mol. The smallest absolute Gasteiger partial charge is 0.262 e. The lowest BCUT2D eigenvalue weighted by Gasteiger charge is -2.13. The molecule has 0 heterocycles. The molecule has 0 radical (unpaired) electrons. The molecule has 3 rings (SSSR count). The summed E-state index contributed by atoms with van der Waals surface area (Å²) in [7, 11) is 3.00. The van der Waals surface area contributed by atoms with Crippen molar-refractivity contribution in [3.8, 4) is 17.2 Å². The highest BCUT2D eigenvalue weighted by Crippen LogP contribution is 2.29. The van der Waals surface area contributed by atoms with E-state index < -0.39 is 5.91 Å². The van der Waals surface area contributed by atoms with E-state index in [0.717, 1.165) is 0 Å². The first kappa shape index (κ1) is 23.3. The zero-order chi connectivity index (χ0) is 23.8. The van der Waals surface area contributed by atoms with E-state index in [4.69, 9.17) is 14.2 Å². The average molecular weight is 448 g/mol. The number of para-hydroxylation sites is 1. The Morgan fingerprint density at radius 1 is 0.818 bits per heavy atom. The maximum Gasteiger partial charge on any atom is 0.262 e. The highest BCUT2D eigenvalue weighted by molar-refractivity contribution is 6.09. The van der Waals surface area contributed by atoms with Gasteiger partial charge in [-0.25, -0.2) is 0 Å². The standard InChI is InChI=1S/C25H24N2O6/c1-16(28)20-6-4-5-7-21(20)27-25(30)17-8-13-22(23(14-17)32-3)33-15-24(29)26-18-9-11-19(31-2)12-10-18/h4-14H,15H2,1-3H3,(H,26,29)(H,27,30). The largest absolute Gasteiger partial charge is 0.497 e. The number of hydrogen-bond donors (Lipinski definition) is 2. The lowest BCUT2D eigenvalue weighted by Crippen LogP contribution is -2.20. The molecule has 0 spiro atoms. The Balaban J connectivity index is 1.64. The summed E-state index contributed by atoms with van der Waals surface area (Å²) in [4.78, 5) is 36.7. The van der Waals surface area contributed by atoms with Gasteiger partial charge in [-0.15, -0.1) is 0 Å². The number of Topliss-reactive ketones (excluding diaryl/α,β-unsaturated/α-hetero) is 1. The number of rotatable bonds is 9. The van der Waals surface area contributed by atoms with Gasteiger partial charge < -0.3 is 24.8 Å². The predicted molar refractivity (Wildman–Crippen MR) is 125 cm³/mol.